The fourth-order valence-electron chi connectivity index (χ4n) is 3.20. The number of ether oxygens (including phenoxy) is 1. The Balaban J connectivity index is 1.89. The van der Waals surface area contributed by atoms with Gasteiger partial charge in [-0.1, -0.05) is 36.9 Å². The summed E-state index contributed by atoms with van der Waals surface area (Å²) >= 11 is 0. The number of rotatable bonds is 10. The number of nitrogens with zero attached hydrogens (tertiary/aromatic N) is 1. The summed E-state index contributed by atoms with van der Waals surface area (Å²) in [5.41, 5.74) is 0.803. The van der Waals surface area contributed by atoms with Crippen LogP contribution in [0.3, 0.4) is 0 Å². The van der Waals surface area contributed by atoms with Crippen LogP contribution < -0.4 is 10.6 Å². The van der Waals surface area contributed by atoms with E-state index in [0.29, 0.717) is 25.8 Å². The van der Waals surface area contributed by atoms with Gasteiger partial charge in [-0.05, 0) is 30.9 Å². The van der Waals surface area contributed by atoms with Gasteiger partial charge in [0, 0.05) is 32.5 Å². The zero-order valence-electron chi connectivity index (χ0n) is 17.4. The van der Waals surface area contributed by atoms with Crippen LogP contribution in [0.5, 0.6) is 0 Å². The summed E-state index contributed by atoms with van der Waals surface area (Å²) < 4.78 is 32.0. The van der Waals surface area contributed by atoms with Crippen LogP contribution in [-0.4, -0.2) is 54.4 Å². The molecule has 1 atom stereocenters. The van der Waals surface area contributed by atoms with Gasteiger partial charge in [0.15, 0.2) is 0 Å². The molecule has 2 rings (SSSR count). The van der Waals surface area contributed by atoms with Crippen molar-refractivity contribution in [2.45, 2.75) is 50.7 Å². The average Bonchev–Trinajstić information content (AvgIpc) is 2.76. The number of amides is 3. The minimum atomic E-state index is -2.77. The Bertz CT molecular complexity index is 748. The first-order valence-electron chi connectivity index (χ1n) is 10.3. The molecule has 1 fully saturated rings. The normalized spacial score (nSPS) is 16.1. The van der Waals surface area contributed by atoms with Crippen LogP contribution in [-0.2, 0) is 20.9 Å². The molecule has 9 heteroatoms. The molecule has 0 aromatic heterocycles. The number of nitrogens with one attached hydrogen (secondary N) is 2. The van der Waals surface area contributed by atoms with Crippen molar-refractivity contribution in [2.24, 2.45) is 0 Å². The Morgan fingerprint density at radius 3 is 2.48 bits per heavy atom. The zero-order chi connectivity index (χ0) is 22.7. The summed E-state index contributed by atoms with van der Waals surface area (Å²) in [5, 5.41) is 5.21. The highest BCUT2D eigenvalue weighted by molar-refractivity contribution is 5.87. The van der Waals surface area contributed by atoms with Crippen LogP contribution in [0, 0.1) is 0 Å². The van der Waals surface area contributed by atoms with Crippen LogP contribution in [0.1, 0.15) is 37.7 Å². The molecule has 1 aromatic rings. The topological polar surface area (TPSA) is 87.7 Å². The molecule has 0 saturated carbocycles. The Labute approximate surface area is 180 Å². The Hall–Kier alpha value is -2.97. The molecule has 0 bridgehead atoms. The summed E-state index contributed by atoms with van der Waals surface area (Å²) in [4.78, 5) is 37.7. The second-order valence-electron chi connectivity index (χ2n) is 7.43. The van der Waals surface area contributed by atoms with Crippen molar-refractivity contribution < 1.29 is 27.9 Å². The molecular weight excluding hydrogens is 408 g/mol. The number of alkyl halides is 2. The molecule has 2 N–H and O–H groups in total. The summed E-state index contributed by atoms with van der Waals surface area (Å²) in [6.07, 6.45) is 1.07. The Morgan fingerprint density at radius 2 is 1.84 bits per heavy atom. The highest BCUT2D eigenvalue weighted by atomic mass is 19.3. The lowest BCUT2D eigenvalue weighted by molar-refractivity contribution is -0.139. The molecule has 1 aromatic carbocycles. The molecule has 1 heterocycles. The smallest absolute Gasteiger partial charge is 0.408 e. The van der Waals surface area contributed by atoms with Gasteiger partial charge in [0.05, 0.1) is 0 Å². The van der Waals surface area contributed by atoms with Crippen molar-refractivity contribution >= 4 is 17.9 Å². The molecular formula is C22H29F2N3O4. The SMILES string of the molecule is C=CC(=O)NCCCC[C@H](NC(=O)OCc1ccccc1)C(=O)N1CCC(F)(F)CC1. The maximum atomic E-state index is 13.4. The molecule has 170 valence electrons. The van der Waals surface area contributed by atoms with Gasteiger partial charge in [-0.15, -0.1) is 0 Å². The maximum absolute atomic E-state index is 13.4. The number of hydrogen-bond donors (Lipinski definition) is 2. The second kappa shape index (κ2) is 12.0. The second-order valence-corrected chi connectivity index (χ2v) is 7.43. The van der Waals surface area contributed by atoms with Crippen LogP contribution in [0.4, 0.5) is 13.6 Å². The van der Waals surface area contributed by atoms with E-state index in [0.717, 1.165) is 5.56 Å². The number of carbonyl (C=O) groups is 3. The molecule has 31 heavy (non-hydrogen) atoms. The van der Waals surface area contributed by atoms with E-state index in [1.807, 2.05) is 18.2 Å². The van der Waals surface area contributed by atoms with Crippen molar-refractivity contribution in [1.29, 1.82) is 0 Å². The summed E-state index contributed by atoms with van der Waals surface area (Å²) in [5.74, 6) is -3.45. The Morgan fingerprint density at radius 1 is 1.16 bits per heavy atom. The molecule has 7 nitrogen and oxygen atoms in total. The lowest BCUT2D eigenvalue weighted by Crippen LogP contribution is -2.52. The monoisotopic (exact) mass is 437 g/mol. The van der Waals surface area contributed by atoms with Gasteiger partial charge < -0.3 is 20.3 Å². The first kappa shape index (κ1) is 24.3. The highest BCUT2D eigenvalue weighted by Gasteiger charge is 2.37. The third-order valence-corrected chi connectivity index (χ3v) is 5.01. The molecule has 0 radical (unpaired) electrons. The maximum Gasteiger partial charge on any atom is 0.408 e. The first-order valence-corrected chi connectivity index (χ1v) is 10.3. The van der Waals surface area contributed by atoms with Crippen LogP contribution in [0.2, 0.25) is 0 Å². The van der Waals surface area contributed by atoms with Crippen molar-refractivity contribution in [3.8, 4) is 0 Å². The van der Waals surface area contributed by atoms with E-state index >= 15 is 0 Å². The number of piperidine rings is 1. The first-order chi connectivity index (χ1) is 14.8. The minimum Gasteiger partial charge on any atom is -0.445 e. The molecule has 0 spiro atoms. The molecule has 1 aliphatic rings. The molecule has 0 aliphatic carbocycles. The summed E-state index contributed by atoms with van der Waals surface area (Å²) in [6.45, 7) is 3.71. The van der Waals surface area contributed by atoms with Crippen molar-refractivity contribution in [3.63, 3.8) is 0 Å². The van der Waals surface area contributed by atoms with Crippen LogP contribution >= 0.6 is 0 Å². The lowest BCUT2D eigenvalue weighted by atomic mass is 10.0. The third kappa shape index (κ3) is 8.74. The number of benzene rings is 1. The van der Waals surface area contributed by atoms with E-state index in [-0.39, 0.29) is 25.6 Å². The number of halogens is 2. The Kier molecular flexibility index (Phi) is 9.42. The van der Waals surface area contributed by atoms with Gasteiger partial charge in [-0.3, -0.25) is 9.59 Å². The number of hydrogen-bond acceptors (Lipinski definition) is 4. The summed E-state index contributed by atoms with van der Waals surface area (Å²) in [7, 11) is 0. The fraction of sp³-hybridized carbons (Fsp3) is 0.500. The molecule has 1 saturated heterocycles. The fourth-order valence-corrected chi connectivity index (χ4v) is 3.20. The van der Waals surface area contributed by atoms with E-state index in [1.165, 1.54) is 11.0 Å². The predicted octanol–water partition coefficient (Wildman–Crippen LogP) is 3.01. The largest absolute Gasteiger partial charge is 0.445 e. The van der Waals surface area contributed by atoms with E-state index in [4.69, 9.17) is 4.74 Å². The van der Waals surface area contributed by atoms with Crippen molar-refractivity contribution in [3.05, 3.63) is 48.6 Å². The van der Waals surface area contributed by atoms with Gasteiger partial charge in [0.2, 0.25) is 11.8 Å². The molecule has 1 aliphatic heterocycles. The van der Waals surface area contributed by atoms with Crippen LogP contribution in [0.25, 0.3) is 0 Å². The van der Waals surface area contributed by atoms with E-state index < -0.39 is 36.8 Å². The number of carbonyl (C=O) groups excluding carboxylic acids is 3. The number of likely N-dealkylation sites (tertiary alicyclic amines) is 1. The molecule has 3 amide bonds. The van der Waals surface area contributed by atoms with Gasteiger partial charge in [-0.25, -0.2) is 13.6 Å². The van der Waals surface area contributed by atoms with Crippen molar-refractivity contribution in [2.75, 3.05) is 19.6 Å². The van der Waals surface area contributed by atoms with E-state index in [9.17, 15) is 23.2 Å². The van der Waals surface area contributed by atoms with Crippen molar-refractivity contribution in [1.82, 2.24) is 15.5 Å². The van der Waals surface area contributed by atoms with E-state index in [1.54, 1.807) is 12.1 Å². The number of alkyl carbamates (subject to hydrolysis) is 1. The zero-order valence-corrected chi connectivity index (χ0v) is 17.4. The quantitative estimate of drug-likeness (QED) is 0.435. The molecule has 0 unspecified atom stereocenters. The minimum absolute atomic E-state index is 0.0527. The summed E-state index contributed by atoms with van der Waals surface area (Å²) in [6, 6.07) is 8.21. The number of unbranched alkanes of at least 4 members (excludes halogenated alkanes) is 1. The van der Waals surface area contributed by atoms with Gasteiger partial charge in [-0.2, -0.15) is 0 Å². The van der Waals surface area contributed by atoms with Gasteiger partial charge >= 0.3 is 6.09 Å². The van der Waals surface area contributed by atoms with Gasteiger partial charge in [0.25, 0.3) is 5.92 Å². The third-order valence-electron chi connectivity index (χ3n) is 5.01. The van der Waals surface area contributed by atoms with Crippen LogP contribution in [0.15, 0.2) is 43.0 Å². The predicted molar refractivity (Wildman–Crippen MR) is 111 cm³/mol. The highest BCUT2D eigenvalue weighted by Crippen LogP contribution is 2.28. The standard InChI is InChI=1S/C22H29F2N3O4/c1-2-19(28)25-13-7-6-10-18(20(29)27-14-11-22(23,24)12-15-27)26-21(30)31-16-17-8-4-3-5-9-17/h2-5,8-9,18H,1,6-7,10-16H2,(H,25,28)(H,26,30)/t18-/m0/s1. The van der Waals surface area contributed by atoms with Gasteiger partial charge in [0.1, 0.15) is 12.6 Å². The van der Waals surface area contributed by atoms with E-state index in [2.05, 4.69) is 17.2 Å². The average molecular weight is 437 g/mol. The lowest BCUT2D eigenvalue weighted by Gasteiger charge is -2.34.